The maximum atomic E-state index is 11.9. The van der Waals surface area contributed by atoms with Gasteiger partial charge >= 0.3 is 6.03 Å². The molecule has 0 spiro atoms. The third kappa shape index (κ3) is 5.37. The average Bonchev–Trinajstić information content (AvgIpc) is 2.85. The van der Waals surface area contributed by atoms with Gasteiger partial charge in [-0.3, -0.25) is 10.1 Å². The molecule has 0 unspecified atom stereocenters. The molecule has 0 radical (unpaired) electrons. The summed E-state index contributed by atoms with van der Waals surface area (Å²) in [5.74, 6) is -0.322. The SMILES string of the molecule is C[C@@H](O)[C@H](NC(=O)NCCCl)C(=O)Nc1nncs1. The molecule has 1 rings (SSSR count). The van der Waals surface area contributed by atoms with Gasteiger partial charge in [0.2, 0.25) is 5.13 Å². The summed E-state index contributed by atoms with van der Waals surface area (Å²) < 4.78 is 0. The number of carbonyl (C=O) groups is 2. The molecule has 0 aliphatic heterocycles. The van der Waals surface area contributed by atoms with Gasteiger partial charge in [0.25, 0.3) is 5.91 Å². The van der Waals surface area contributed by atoms with Crippen molar-refractivity contribution in [2.45, 2.75) is 19.1 Å². The number of aliphatic hydroxyl groups is 1. The molecule has 2 atom stereocenters. The largest absolute Gasteiger partial charge is 0.391 e. The van der Waals surface area contributed by atoms with Crippen LogP contribution in [0.1, 0.15) is 6.92 Å². The van der Waals surface area contributed by atoms with E-state index in [4.69, 9.17) is 11.6 Å². The molecule has 3 amide bonds. The number of hydrogen-bond donors (Lipinski definition) is 4. The van der Waals surface area contributed by atoms with E-state index in [1.807, 2.05) is 0 Å². The Bertz CT molecular complexity index is 414. The monoisotopic (exact) mass is 307 g/mol. The molecule has 8 nitrogen and oxygen atoms in total. The predicted molar refractivity (Wildman–Crippen MR) is 71.3 cm³/mol. The van der Waals surface area contributed by atoms with E-state index in [1.54, 1.807) is 0 Å². The van der Waals surface area contributed by atoms with Gasteiger partial charge in [0.1, 0.15) is 11.6 Å². The number of halogens is 1. The van der Waals surface area contributed by atoms with Crippen LogP contribution in [0, 0.1) is 0 Å². The molecule has 0 aliphatic carbocycles. The number of urea groups is 1. The number of carbonyl (C=O) groups excluding carboxylic acids is 2. The van der Waals surface area contributed by atoms with E-state index >= 15 is 0 Å². The number of amides is 3. The van der Waals surface area contributed by atoms with Gasteiger partial charge in [0, 0.05) is 12.4 Å². The van der Waals surface area contributed by atoms with E-state index in [0.717, 1.165) is 11.3 Å². The quantitative estimate of drug-likeness (QED) is 0.541. The number of aromatic nitrogens is 2. The zero-order valence-electron chi connectivity index (χ0n) is 10.1. The highest BCUT2D eigenvalue weighted by molar-refractivity contribution is 7.13. The lowest BCUT2D eigenvalue weighted by atomic mass is 10.1. The van der Waals surface area contributed by atoms with Crippen LogP contribution >= 0.6 is 22.9 Å². The highest BCUT2D eigenvalue weighted by Gasteiger charge is 2.26. The van der Waals surface area contributed by atoms with Crippen molar-refractivity contribution in [3.63, 3.8) is 0 Å². The molecule has 1 aromatic rings. The van der Waals surface area contributed by atoms with Crippen molar-refractivity contribution < 1.29 is 14.7 Å². The molecule has 10 heteroatoms. The summed E-state index contributed by atoms with van der Waals surface area (Å²) in [7, 11) is 0. The van der Waals surface area contributed by atoms with Crippen molar-refractivity contribution in [2.75, 3.05) is 17.7 Å². The first-order valence-electron chi connectivity index (χ1n) is 5.40. The number of rotatable bonds is 6. The van der Waals surface area contributed by atoms with Crippen molar-refractivity contribution in [1.82, 2.24) is 20.8 Å². The average molecular weight is 308 g/mol. The summed E-state index contributed by atoms with van der Waals surface area (Å²) >= 11 is 6.55. The van der Waals surface area contributed by atoms with E-state index < -0.39 is 24.1 Å². The van der Waals surface area contributed by atoms with Crippen molar-refractivity contribution >= 4 is 40.0 Å². The highest BCUT2D eigenvalue weighted by Crippen LogP contribution is 2.09. The van der Waals surface area contributed by atoms with Crippen molar-refractivity contribution in [2.24, 2.45) is 0 Å². The van der Waals surface area contributed by atoms with Gasteiger partial charge < -0.3 is 15.7 Å². The minimum Gasteiger partial charge on any atom is -0.391 e. The van der Waals surface area contributed by atoms with Crippen LogP contribution in [0.2, 0.25) is 0 Å². The summed E-state index contributed by atoms with van der Waals surface area (Å²) in [4.78, 5) is 23.3. The van der Waals surface area contributed by atoms with Crippen LogP contribution in [-0.4, -0.2) is 51.8 Å². The van der Waals surface area contributed by atoms with Crippen molar-refractivity contribution in [1.29, 1.82) is 0 Å². The Kier molecular flexibility index (Phi) is 6.46. The second kappa shape index (κ2) is 7.87. The van der Waals surface area contributed by atoms with Crippen molar-refractivity contribution in [3.8, 4) is 0 Å². The van der Waals surface area contributed by atoms with E-state index in [-0.39, 0.29) is 12.4 Å². The molecule has 0 saturated carbocycles. The number of alkyl halides is 1. The molecule has 0 fully saturated rings. The highest BCUT2D eigenvalue weighted by atomic mass is 35.5. The maximum absolute atomic E-state index is 11.9. The Labute approximate surface area is 118 Å². The van der Waals surface area contributed by atoms with E-state index in [9.17, 15) is 14.7 Å². The summed E-state index contributed by atoms with van der Waals surface area (Å²) in [6.07, 6.45) is -1.06. The number of aliphatic hydroxyl groups excluding tert-OH is 1. The molecular formula is C9H14ClN5O3S. The zero-order chi connectivity index (χ0) is 14.3. The summed E-state index contributed by atoms with van der Waals surface area (Å²) in [6, 6.07) is -1.68. The fourth-order valence-electron chi connectivity index (χ4n) is 1.17. The van der Waals surface area contributed by atoms with Gasteiger partial charge in [-0.1, -0.05) is 11.3 Å². The maximum Gasteiger partial charge on any atom is 0.315 e. The summed E-state index contributed by atoms with van der Waals surface area (Å²) in [6.45, 7) is 1.66. The first kappa shape index (κ1) is 15.6. The first-order chi connectivity index (χ1) is 9.04. The van der Waals surface area contributed by atoms with E-state index in [1.165, 1.54) is 12.4 Å². The third-order valence-electron chi connectivity index (χ3n) is 2.02. The standard InChI is InChI=1S/C9H14ClN5O3S/c1-5(16)6(13-8(18)11-3-2-10)7(17)14-9-15-12-4-19-9/h4-6,16H,2-3H2,1H3,(H2,11,13,18)(H,14,15,17)/t5-,6+/m1/s1. The Morgan fingerprint density at radius 2 is 2.32 bits per heavy atom. The molecule has 1 aromatic heterocycles. The van der Waals surface area contributed by atoms with E-state index in [0.29, 0.717) is 5.13 Å². The van der Waals surface area contributed by atoms with Gasteiger partial charge in [-0.2, -0.15) is 0 Å². The summed E-state index contributed by atoms with van der Waals surface area (Å²) in [5, 5.41) is 24.2. The number of nitrogens with one attached hydrogen (secondary N) is 3. The zero-order valence-corrected chi connectivity index (χ0v) is 11.7. The Morgan fingerprint density at radius 3 is 2.84 bits per heavy atom. The molecule has 19 heavy (non-hydrogen) atoms. The predicted octanol–water partition coefficient (Wildman–Crippen LogP) is -0.236. The molecule has 1 heterocycles. The molecule has 0 saturated heterocycles. The van der Waals surface area contributed by atoms with Crippen molar-refractivity contribution in [3.05, 3.63) is 5.51 Å². The van der Waals surface area contributed by atoms with Gasteiger partial charge in [-0.05, 0) is 6.92 Å². The molecule has 4 N–H and O–H groups in total. The number of hydrogen-bond acceptors (Lipinski definition) is 6. The van der Waals surface area contributed by atoms with Gasteiger partial charge in [-0.15, -0.1) is 21.8 Å². The molecule has 0 aromatic carbocycles. The van der Waals surface area contributed by atoms with Crippen LogP contribution in [-0.2, 0) is 4.79 Å². The molecular weight excluding hydrogens is 294 g/mol. The minimum absolute atomic E-state index is 0.254. The summed E-state index contributed by atoms with van der Waals surface area (Å²) in [5.41, 5.74) is 1.45. The fourth-order valence-corrected chi connectivity index (χ4v) is 1.71. The van der Waals surface area contributed by atoms with Crippen LogP contribution in [0.5, 0.6) is 0 Å². The Balaban J connectivity index is 2.56. The van der Waals surface area contributed by atoms with Gasteiger partial charge in [-0.25, -0.2) is 4.79 Å². The van der Waals surface area contributed by atoms with Crippen LogP contribution in [0.3, 0.4) is 0 Å². The van der Waals surface area contributed by atoms with Gasteiger partial charge in [0.15, 0.2) is 0 Å². The number of nitrogens with zero attached hydrogens (tertiary/aromatic N) is 2. The smallest absolute Gasteiger partial charge is 0.315 e. The normalized spacial score (nSPS) is 13.4. The fraction of sp³-hybridized carbons (Fsp3) is 0.556. The lowest BCUT2D eigenvalue weighted by Crippen LogP contribution is -2.53. The molecule has 0 aliphatic rings. The lowest BCUT2D eigenvalue weighted by Gasteiger charge is -2.20. The first-order valence-corrected chi connectivity index (χ1v) is 6.81. The number of anilines is 1. The van der Waals surface area contributed by atoms with E-state index in [2.05, 4.69) is 26.1 Å². The minimum atomic E-state index is -1.10. The molecule has 0 bridgehead atoms. The van der Waals surface area contributed by atoms with Gasteiger partial charge in [0.05, 0.1) is 6.10 Å². The van der Waals surface area contributed by atoms with Crippen LogP contribution < -0.4 is 16.0 Å². The topological polar surface area (TPSA) is 116 Å². The lowest BCUT2D eigenvalue weighted by molar-refractivity contribution is -0.120. The molecule has 106 valence electrons. The van der Waals surface area contributed by atoms with Crippen LogP contribution in [0.25, 0.3) is 0 Å². The van der Waals surface area contributed by atoms with Crippen LogP contribution in [0.15, 0.2) is 5.51 Å². The van der Waals surface area contributed by atoms with Crippen LogP contribution in [0.4, 0.5) is 9.93 Å². The third-order valence-corrected chi connectivity index (χ3v) is 2.82. The second-order valence-corrected chi connectivity index (χ2v) is 4.75. The second-order valence-electron chi connectivity index (χ2n) is 3.54. The Hall–Kier alpha value is -1.45. The Morgan fingerprint density at radius 1 is 1.58 bits per heavy atom.